The highest BCUT2D eigenvalue weighted by molar-refractivity contribution is 9.10. The fourth-order valence-corrected chi connectivity index (χ4v) is 2.64. The van der Waals surface area contributed by atoms with E-state index in [0.717, 1.165) is 0 Å². The average Bonchev–Trinajstić information content (AvgIpc) is 2.41. The molecule has 0 atom stereocenters. The highest BCUT2D eigenvalue weighted by Gasteiger charge is 2.26. The molecule has 5 nitrogen and oxygen atoms in total. The lowest BCUT2D eigenvalue weighted by molar-refractivity contribution is 0.0240. The molecule has 122 valence electrons. The third kappa shape index (κ3) is 4.03. The number of rotatable bonds is 1. The first-order chi connectivity index (χ1) is 10.2. The summed E-state index contributed by atoms with van der Waals surface area (Å²) in [6.07, 6.45) is -0.317. The molecule has 0 bridgehead atoms. The van der Waals surface area contributed by atoms with E-state index in [2.05, 4.69) is 15.9 Å². The van der Waals surface area contributed by atoms with Crippen LogP contribution in [0.3, 0.4) is 0 Å². The van der Waals surface area contributed by atoms with Crippen LogP contribution in [0.25, 0.3) is 0 Å². The van der Waals surface area contributed by atoms with Gasteiger partial charge in [0.05, 0.1) is 15.8 Å². The Morgan fingerprint density at radius 3 is 2.41 bits per heavy atom. The van der Waals surface area contributed by atoms with Crippen molar-refractivity contribution in [1.82, 2.24) is 4.90 Å². The van der Waals surface area contributed by atoms with Crippen LogP contribution in [0.4, 0.5) is 20.6 Å². The van der Waals surface area contributed by atoms with Crippen molar-refractivity contribution >= 4 is 33.4 Å². The predicted molar refractivity (Wildman–Crippen MR) is 88.5 cm³/mol. The zero-order chi connectivity index (χ0) is 16.5. The Kier molecular flexibility index (Phi) is 4.84. The van der Waals surface area contributed by atoms with Crippen molar-refractivity contribution in [3.05, 3.63) is 22.4 Å². The number of benzene rings is 1. The Morgan fingerprint density at radius 2 is 1.86 bits per heavy atom. The van der Waals surface area contributed by atoms with Gasteiger partial charge in [0, 0.05) is 32.2 Å². The Labute approximate surface area is 138 Å². The molecule has 0 aromatic heterocycles. The first kappa shape index (κ1) is 16.9. The molecular formula is C15H21BrFN3O2. The fourth-order valence-electron chi connectivity index (χ4n) is 2.28. The number of carbonyl (C=O) groups is 1. The van der Waals surface area contributed by atoms with Crippen molar-refractivity contribution in [2.45, 2.75) is 26.4 Å². The molecule has 0 saturated carbocycles. The van der Waals surface area contributed by atoms with Crippen molar-refractivity contribution in [3.63, 3.8) is 0 Å². The van der Waals surface area contributed by atoms with E-state index >= 15 is 0 Å². The number of hydrogen-bond donors (Lipinski definition) is 1. The molecule has 0 unspecified atom stereocenters. The van der Waals surface area contributed by atoms with Crippen LogP contribution in [0.5, 0.6) is 0 Å². The number of hydrogen-bond acceptors (Lipinski definition) is 4. The molecule has 1 aromatic rings. The zero-order valence-corrected chi connectivity index (χ0v) is 14.6. The molecule has 1 fully saturated rings. The van der Waals surface area contributed by atoms with Gasteiger partial charge < -0.3 is 20.3 Å². The molecule has 2 rings (SSSR count). The van der Waals surface area contributed by atoms with Gasteiger partial charge in [-0.2, -0.15) is 0 Å². The Balaban J connectivity index is 2.01. The van der Waals surface area contributed by atoms with Gasteiger partial charge in [-0.05, 0) is 42.8 Å². The first-order valence-corrected chi connectivity index (χ1v) is 7.94. The predicted octanol–water partition coefficient (Wildman–Crippen LogP) is 3.23. The molecule has 2 N–H and O–H groups in total. The van der Waals surface area contributed by atoms with E-state index in [1.165, 1.54) is 6.07 Å². The maximum Gasteiger partial charge on any atom is 0.410 e. The van der Waals surface area contributed by atoms with Gasteiger partial charge in [0.25, 0.3) is 0 Å². The van der Waals surface area contributed by atoms with Crippen LogP contribution in [0.2, 0.25) is 0 Å². The smallest absolute Gasteiger partial charge is 0.410 e. The number of halogens is 2. The van der Waals surface area contributed by atoms with Crippen LogP contribution in [-0.2, 0) is 4.74 Å². The molecule has 1 aliphatic heterocycles. The number of nitrogen functional groups attached to an aromatic ring is 1. The van der Waals surface area contributed by atoms with E-state index in [4.69, 9.17) is 10.5 Å². The topological polar surface area (TPSA) is 58.8 Å². The second-order valence-corrected chi connectivity index (χ2v) is 7.13. The summed E-state index contributed by atoms with van der Waals surface area (Å²) >= 11 is 3.12. The molecule has 1 amide bonds. The highest BCUT2D eigenvalue weighted by atomic mass is 79.9. The van der Waals surface area contributed by atoms with Gasteiger partial charge in [-0.1, -0.05) is 0 Å². The zero-order valence-electron chi connectivity index (χ0n) is 13.0. The van der Waals surface area contributed by atoms with Gasteiger partial charge in [-0.15, -0.1) is 0 Å². The Bertz CT molecular complexity index is 567. The number of amides is 1. The van der Waals surface area contributed by atoms with Gasteiger partial charge in [-0.25, -0.2) is 9.18 Å². The van der Waals surface area contributed by atoms with Crippen molar-refractivity contribution in [2.24, 2.45) is 0 Å². The monoisotopic (exact) mass is 373 g/mol. The molecule has 1 saturated heterocycles. The summed E-state index contributed by atoms with van der Waals surface area (Å²) in [5.74, 6) is -0.348. The largest absolute Gasteiger partial charge is 0.444 e. The lowest BCUT2D eigenvalue weighted by Gasteiger charge is -2.37. The third-order valence-corrected chi connectivity index (χ3v) is 3.95. The summed E-state index contributed by atoms with van der Waals surface area (Å²) in [6, 6.07) is 2.98. The minimum atomic E-state index is -0.506. The molecule has 1 aromatic carbocycles. The summed E-state index contributed by atoms with van der Waals surface area (Å²) in [5, 5.41) is 0. The van der Waals surface area contributed by atoms with Crippen LogP contribution in [0.1, 0.15) is 20.8 Å². The molecule has 7 heteroatoms. The van der Waals surface area contributed by atoms with Gasteiger partial charge in [0.2, 0.25) is 0 Å². The van der Waals surface area contributed by atoms with Gasteiger partial charge in [0.15, 0.2) is 0 Å². The molecule has 1 heterocycles. The standard InChI is InChI=1S/C15H21BrFN3O2/c1-15(2,3)22-14(21)20-6-4-19(5-7-20)13-9-11(17)10(16)8-12(13)18/h8-9H,4-7,18H2,1-3H3. The van der Waals surface area contributed by atoms with Crippen LogP contribution in [-0.4, -0.2) is 42.8 Å². The van der Waals surface area contributed by atoms with E-state index in [-0.39, 0.29) is 11.9 Å². The normalized spacial score (nSPS) is 15.9. The highest BCUT2D eigenvalue weighted by Crippen LogP contribution is 2.30. The molecule has 0 spiro atoms. The van der Waals surface area contributed by atoms with E-state index in [9.17, 15) is 9.18 Å². The average molecular weight is 374 g/mol. The second-order valence-electron chi connectivity index (χ2n) is 6.28. The lowest BCUT2D eigenvalue weighted by Crippen LogP contribution is -2.50. The summed E-state index contributed by atoms with van der Waals surface area (Å²) < 4.78 is 19.4. The Morgan fingerprint density at radius 1 is 1.27 bits per heavy atom. The Hall–Kier alpha value is -1.50. The molecule has 0 radical (unpaired) electrons. The number of anilines is 2. The summed E-state index contributed by atoms with van der Waals surface area (Å²) in [6.45, 7) is 7.73. The lowest BCUT2D eigenvalue weighted by atomic mass is 10.2. The van der Waals surface area contributed by atoms with Crippen LogP contribution in [0, 0.1) is 5.82 Å². The quantitative estimate of drug-likeness (QED) is 0.767. The maximum atomic E-state index is 13.7. The minimum Gasteiger partial charge on any atom is -0.444 e. The molecule has 0 aliphatic carbocycles. The first-order valence-electron chi connectivity index (χ1n) is 7.15. The number of piperazine rings is 1. The van der Waals surface area contributed by atoms with E-state index in [1.54, 1.807) is 11.0 Å². The van der Waals surface area contributed by atoms with Crippen molar-refractivity contribution in [3.8, 4) is 0 Å². The molecule has 22 heavy (non-hydrogen) atoms. The number of carbonyl (C=O) groups excluding carboxylic acids is 1. The minimum absolute atomic E-state index is 0.317. The van der Waals surface area contributed by atoms with Crippen molar-refractivity contribution in [1.29, 1.82) is 0 Å². The van der Waals surface area contributed by atoms with Gasteiger partial charge in [-0.3, -0.25) is 0 Å². The van der Waals surface area contributed by atoms with E-state index in [1.807, 2.05) is 25.7 Å². The molecule has 1 aliphatic rings. The van der Waals surface area contributed by atoms with Crippen molar-refractivity contribution in [2.75, 3.05) is 36.8 Å². The number of nitrogens with zero attached hydrogens (tertiary/aromatic N) is 2. The summed E-state index contributed by atoms with van der Waals surface area (Å²) in [4.78, 5) is 15.7. The summed E-state index contributed by atoms with van der Waals surface area (Å²) in [7, 11) is 0. The van der Waals surface area contributed by atoms with E-state index in [0.29, 0.717) is 42.0 Å². The van der Waals surface area contributed by atoms with Crippen LogP contribution < -0.4 is 10.6 Å². The van der Waals surface area contributed by atoms with E-state index < -0.39 is 5.60 Å². The number of nitrogens with two attached hydrogens (primary N) is 1. The molecular weight excluding hydrogens is 353 g/mol. The van der Waals surface area contributed by atoms with Gasteiger partial charge in [0.1, 0.15) is 11.4 Å². The van der Waals surface area contributed by atoms with Gasteiger partial charge >= 0.3 is 6.09 Å². The maximum absolute atomic E-state index is 13.7. The van der Waals surface area contributed by atoms with Crippen molar-refractivity contribution < 1.29 is 13.9 Å². The fraction of sp³-hybridized carbons (Fsp3) is 0.533. The van der Waals surface area contributed by atoms with Crippen LogP contribution >= 0.6 is 15.9 Å². The third-order valence-electron chi connectivity index (χ3n) is 3.34. The SMILES string of the molecule is CC(C)(C)OC(=O)N1CCN(c2cc(F)c(Br)cc2N)CC1. The second kappa shape index (κ2) is 6.32. The van der Waals surface area contributed by atoms with Crippen LogP contribution in [0.15, 0.2) is 16.6 Å². The number of ether oxygens (including phenoxy) is 1. The summed E-state index contributed by atoms with van der Waals surface area (Å²) in [5.41, 5.74) is 6.62.